The Bertz CT molecular complexity index is 525. The molecule has 0 bridgehead atoms. The summed E-state index contributed by atoms with van der Waals surface area (Å²) in [4.78, 5) is 0. The molecule has 0 saturated carbocycles. The summed E-state index contributed by atoms with van der Waals surface area (Å²) in [7, 11) is 0. The van der Waals surface area contributed by atoms with Crippen LogP contribution in [-0.2, 0) is 5.41 Å². The first-order valence-electron chi connectivity index (χ1n) is 6.10. The van der Waals surface area contributed by atoms with Crippen LogP contribution in [0, 0.1) is 6.92 Å². The second kappa shape index (κ2) is 4.03. The molecule has 0 radical (unpaired) electrons. The van der Waals surface area contributed by atoms with Crippen LogP contribution in [0.3, 0.4) is 0 Å². The molecular formula is C17H20. The lowest BCUT2D eigenvalue weighted by Gasteiger charge is -2.22. The molecule has 0 aliphatic heterocycles. The first-order chi connectivity index (χ1) is 7.98. The lowest BCUT2D eigenvalue weighted by molar-refractivity contribution is 0.638. The third-order valence-electron chi connectivity index (χ3n) is 3.88. The van der Waals surface area contributed by atoms with Gasteiger partial charge in [0.05, 0.1) is 0 Å². The van der Waals surface area contributed by atoms with E-state index in [9.17, 15) is 0 Å². The molecule has 2 rings (SSSR count). The molecule has 0 aromatic heterocycles. The topological polar surface area (TPSA) is 0 Å². The first-order valence-corrected chi connectivity index (χ1v) is 6.10. The number of rotatable bonds is 2. The van der Waals surface area contributed by atoms with Crippen molar-refractivity contribution in [1.29, 1.82) is 0 Å². The zero-order valence-electron chi connectivity index (χ0n) is 11.2. The summed E-state index contributed by atoms with van der Waals surface area (Å²) in [6.07, 6.45) is 6.02. The summed E-state index contributed by atoms with van der Waals surface area (Å²) in [6.45, 7) is 12.7. The highest BCUT2D eigenvalue weighted by atomic mass is 14.4. The molecule has 0 fully saturated rings. The fourth-order valence-corrected chi connectivity index (χ4v) is 2.53. The average Bonchev–Trinajstić information content (AvgIpc) is 2.47. The van der Waals surface area contributed by atoms with Gasteiger partial charge >= 0.3 is 0 Å². The molecule has 0 nitrogen and oxygen atoms in total. The molecule has 1 aromatic rings. The summed E-state index contributed by atoms with van der Waals surface area (Å²) in [6, 6.07) is 6.74. The molecule has 0 spiro atoms. The van der Waals surface area contributed by atoms with E-state index < -0.39 is 0 Å². The Morgan fingerprint density at radius 3 is 2.53 bits per heavy atom. The largest absolute Gasteiger partial charge is 0.0991 e. The van der Waals surface area contributed by atoms with Crippen molar-refractivity contribution in [3.63, 3.8) is 0 Å². The molecule has 1 aliphatic carbocycles. The molecule has 0 amide bonds. The monoisotopic (exact) mass is 224 g/mol. The van der Waals surface area contributed by atoms with Gasteiger partial charge in [0, 0.05) is 5.41 Å². The van der Waals surface area contributed by atoms with Crippen molar-refractivity contribution in [2.24, 2.45) is 0 Å². The van der Waals surface area contributed by atoms with Crippen molar-refractivity contribution >= 4 is 5.57 Å². The van der Waals surface area contributed by atoms with Crippen molar-refractivity contribution in [3.05, 3.63) is 65.3 Å². The number of allylic oxidation sites excluding steroid dienone is 5. The quantitative estimate of drug-likeness (QED) is 0.633. The van der Waals surface area contributed by atoms with Crippen LogP contribution in [0.25, 0.3) is 5.57 Å². The molecule has 0 atom stereocenters. The van der Waals surface area contributed by atoms with E-state index in [2.05, 4.69) is 58.5 Å². The first kappa shape index (κ1) is 11.9. The van der Waals surface area contributed by atoms with Crippen LogP contribution in [-0.4, -0.2) is 0 Å². The van der Waals surface area contributed by atoms with Gasteiger partial charge in [0.1, 0.15) is 0 Å². The van der Waals surface area contributed by atoms with Crippen molar-refractivity contribution < 1.29 is 0 Å². The van der Waals surface area contributed by atoms with E-state index in [4.69, 9.17) is 0 Å². The van der Waals surface area contributed by atoms with Crippen LogP contribution in [0.2, 0.25) is 0 Å². The molecule has 0 unspecified atom stereocenters. The van der Waals surface area contributed by atoms with Gasteiger partial charge in [-0.1, -0.05) is 68.0 Å². The summed E-state index contributed by atoms with van der Waals surface area (Å²) < 4.78 is 0. The van der Waals surface area contributed by atoms with E-state index in [-0.39, 0.29) is 5.41 Å². The lowest BCUT2D eigenvalue weighted by Crippen LogP contribution is -2.15. The Morgan fingerprint density at radius 2 is 1.88 bits per heavy atom. The fourth-order valence-electron chi connectivity index (χ4n) is 2.53. The van der Waals surface area contributed by atoms with E-state index in [0.717, 1.165) is 0 Å². The highest BCUT2D eigenvalue weighted by Gasteiger charge is 2.33. The van der Waals surface area contributed by atoms with E-state index >= 15 is 0 Å². The van der Waals surface area contributed by atoms with E-state index in [1.807, 2.05) is 12.2 Å². The molecular weight excluding hydrogens is 204 g/mol. The minimum atomic E-state index is 0.141. The van der Waals surface area contributed by atoms with Gasteiger partial charge in [-0.05, 0) is 30.5 Å². The van der Waals surface area contributed by atoms with Crippen LogP contribution in [0.5, 0.6) is 0 Å². The van der Waals surface area contributed by atoms with Crippen LogP contribution >= 0.6 is 0 Å². The minimum absolute atomic E-state index is 0.141. The molecule has 0 heteroatoms. The highest BCUT2D eigenvalue weighted by molar-refractivity contribution is 5.85. The second-order valence-corrected chi connectivity index (χ2v) is 5.31. The molecule has 17 heavy (non-hydrogen) atoms. The standard InChI is InChI=1S/C17H20/c1-6-7-8-14-13(3)17(4,5)16-11-12(2)9-10-15(14)16/h6-11H,1H2,2-5H3/b8-7-. The Morgan fingerprint density at radius 1 is 1.18 bits per heavy atom. The van der Waals surface area contributed by atoms with E-state index in [1.54, 1.807) is 0 Å². The van der Waals surface area contributed by atoms with E-state index in [0.29, 0.717) is 0 Å². The summed E-state index contributed by atoms with van der Waals surface area (Å²) in [5.41, 5.74) is 7.08. The number of hydrogen-bond acceptors (Lipinski definition) is 0. The van der Waals surface area contributed by atoms with Gasteiger partial charge in [-0.15, -0.1) is 0 Å². The maximum atomic E-state index is 3.74. The number of aryl methyl sites for hydroxylation is 1. The Balaban J connectivity index is 2.66. The third kappa shape index (κ3) is 1.78. The summed E-state index contributed by atoms with van der Waals surface area (Å²) in [5, 5.41) is 0. The Labute approximate surface area is 104 Å². The van der Waals surface area contributed by atoms with Crippen molar-refractivity contribution in [2.75, 3.05) is 0 Å². The smallest absolute Gasteiger partial charge is 0.0118 e. The van der Waals surface area contributed by atoms with Gasteiger partial charge in [-0.25, -0.2) is 0 Å². The summed E-state index contributed by atoms with van der Waals surface area (Å²) >= 11 is 0. The predicted octanol–water partition coefficient (Wildman–Crippen LogP) is 4.80. The van der Waals surface area contributed by atoms with E-state index in [1.165, 1.54) is 27.8 Å². The van der Waals surface area contributed by atoms with Gasteiger partial charge in [-0.3, -0.25) is 0 Å². The maximum absolute atomic E-state index is 3.74. The molecule has 88 valence electrons. The second-order valence-electron chi connectivity index (χ2n) is 5.31. The van der Waals surface area contributed by atoms with Crippen molar-refractivity contribution in [3.8, 4) is 0 Å². The van der Waals surface area contributed by atoms with Crippen molar-refractivity contribution in [2.45, 2.75) is 33.1 Å². The SMILES string of the molecule is C=C/C=C\C1=C(C)C(C)(C)c2cc(C)ccc21. The van der Waals surface area contributed by atoms with Gasteiger partial charge in [0.15, 0.2) is 0 Å². The number of benzene rings is 1. The lowest BCUT2D eigenvalue weighted by atomic mass is 9.81. The summed E-state index contributed by atoms with van der Waals surface area (Å²) in [5.74, 6) is 0. The van der Waals surface area contributed by atoms with Crippen molar-refractivity contribution in [1.82, 2.24) is 0 Å². The maximum Gasteiger partial charge on any atom is 0.0118 e. The third-order valence-corrected chi connectivity index (χ3v) is 3.88. The van der Waals surface area contributed by atoms with Crippen LogP contribution in [0.1, 0.15) is 37.5 Å². The van der Waals surface area contributed by atoms with Gasteiger partial charge in [0.2, 0.25) is 0 Å². The minimum Gasteiger partial charge on any atom is -0.0991 e. The number of hydrogen-bond donors (Lipinski definition) is 0. The molecule has 0 N–H and O–H groups in total. The Hall–Kier alpha value is -1.56. The van der Waals surface area contributed by atoms with Gasteiger partial charge < -0.3 is 0 Å². The number of fused-ring (bicyclic) bond motifs is 1. The Kier molecular flexibility index (Phi) is 2.82. The predicted molar refractivity (Wildman–Crippen MR) is 76.1 cm³/mol. The van der Waals surface area contributed by atoms with Crippen LogP contribution in [0.4, 0.5) is 0 Å². The molecule has 0 heterocycles. The highest BCUT2D eigenvalue weighted by Crippen LogP contribution is 2.46. The fraction of sp³-hybridized carbons (Fsp3) is 0.294. The molecule has 0 saturated heterocycles. The van der Waals surface area contributed by atoms with Gasteiger partial charge in [0.25, 0.3) is 0 Å². The van der Waals surface area contributed by atoms with Gasteiger partial charge in [-0.2, -0.15) is 0 Å². The normalized spacial score (nSPS) is 17.6. The zero-order valence-corrected chi connectivity index (χ0v) is 11.2. The molecule has 1 aromatic carbocycles. The van der Waals surface area contributed by atoms with Crippen LogP contribution < -0.4 is 0 Å². The van der Waals surface area contributed by atoms with Crippen LogP contribution in [0.15, 0.2) is 48.6 Å². The average molecular weight is 224 g/mol. The molecule has 1 aliphatic rings. The zero-order chi connectivity index (χ0) is 12.6.